The highest BCUT2D eigenvalue weighted by atomic mass is 19.1. The number of benzene rings is 2. The summed E-state index contributed by atoms with van der Waals surface area (Å²) in [5, 5.41) is 12.6. The van der Waals surface area contributed by atoms with E-state index in [0.29, 0.717) is 16.9 Å². The minimum Gasteiger partial charge on any atom is -0.490 e. The lowest BCUT2D eigenvalue weighted by Gasteiger charge is -2.07. The molecule has 3 aromatic rings. The zero-order chi connectivity index (χ0) is 19.9. The Morgan fingerprint density at radius 3 is 2.54 bits per heavy atom. The van der Waals surface area contributed by atoms with Crippen LogP contribution in [0.25, 0.3) is 11.5 Å². The quantitative estimate of drug-likeness (QED) is 0.454. The van der Waals surface area contributed by atoms with Crippen LogP contribution in [0.3, 0.4) is 0 Å². The van der Waals surface area contributed by atoms with Gasteiger partial charge in [-0.2, -0.15) is 9.94 Å². The first-order chi connectivity index (χ1) is 13.5. The summed E-state index contributed by atoms with van der Waals surface area (Å²) in [6.45, 7) is -0.358. The smallest absolute Gasteiger partial charge is 0.437 e. The van der Waals surface area contributed by atoms with E-state index in [4.69, 9.17) is 19.2 Å². The number of nitrogens with zero attached hydrogens (tertiary/aromatic N) is 3. The largest absolute Gasteiger partial charge is 0.490 e. The summed E-state index contributed by atoms with van der Waals surface area (Å²) in [5.41, 5.74) is 0.915. The Bertz CT molecular complexity index is 1050. The van der Waals surface area contributed by atoms with Crippen LogP contribution >= 0.6 is 0 Å². The second kappa shape index (κ2) is 8.64. The van der Waals surface area contributed by atoms with Crippen LogP contribution in [0.2, 0.25) is 0 Å². The van der Waals surface area contributed by atoms with Crippen LogP contribution in [0, 0.1) is 17.1 Å². The summed E-state index contributed by atoms with van der Waals surface area (Å²) in [5.74, 6) is -1.44. The Hall–Kier alpha value is -3.93. The molecule has 0 spiro atoms. The van der Waals surface area contributed by atoms with Crippen molar-refractivity contribution in [3.05, 3.63) is 70.5 Å². The number of carbonyl (C=O) groups excluding carboxylic acids is 1. The summed E-state index contributed by atoms with van der Waals surface area (Å²) >= 11 is 0. The molecule has 0 aliphatic carbocycles. The predicted octanol–water partition coefficient (Wildman–Crippen LogP) is 2.14. The highest BCUT2D eigenvalue weighted by molar-refractivity contribution is 5.69. The Morgan fingerprint density at radius 2 is 1.86 bits per heavy atom. The molecule has 3 rings (SSSR count). The standard InChI is InChI=1S/C19H14FN3O5/c20-15-5-3-14(4-6-15)18-22-23(19(25)28-18)12-17(24)27-10-9-26-16-7-1-13(11-21)2-8-16/h1-8H,9-10,12H2. The van der Waals surface area contributed by atoms with Crippen LogP contribution in [0.1, 0.15) is 5.56 Å². The van der Waals surface area contributed by atoms with Crippen molar-refractivity contribution in [3.63, 3.8) is 0 Å². The normalized spacial score (nSPS) is 10.3. The molecular formula is C19H14FN3O5. The fourth-order valence-corrected chi connectivity index (χ4v) is 2.22. The minimum atomic E-state index is -0.829. The third kappa shape index (κ3) is 4.82. The molecule has 0 saturated carbocycles. The lowest BCUT2D eigenvalue weighted by Crippen LogP contribution is -2.24. The SMILES string of the molecule is N#Cc1ccc(OCCOC(=O)Cn2nc(-c3ccc(F)cc3)oc2=O)cc1. The molecule has 0 aliphatic rings. The Morgan fingerprint density at radius 1 is 1.14 bits per heavy atom. The summed E-state index contributed by atoms with van der Waals surface area (Å²) in [4.78, 5) is 23.6. The average Bonchev–Trinajstić information content (AvgIpc) is 3.06. The van der Waals surface area contributed by atoms with Crippen molar-refractivity contribution in [1.29, 1.82) is 5.26 Å². The van der Waals surface area contributed by atoms with Gasteiger partial charge in [-0.25, -0.2) is 9.18 Å². The highest BCUT2D eigenvalue weighted by Crippen LogP contribution is 2.15. The first kappa shape index (κ1) is 18.8. The molecule has 0 aliphatic heterocycles. The maximum atomic E-state index is 12.9. The number of hydrogen-bond donors (Lipinski definition) is 0. The van der Waals surface area contributed by atoms with E-state index in [0.717, 1.165) is 4.68 Å². The van der Waals surface area contributed by atoms with E-state index >= 15 is 0 Å². The second-order valence-electron chi connectivity index (χ2n) is 5.54. The molecule has 8 nitrogen and oxygen atoms in total. The second-order valence-corrected chi connectivity index (χ2v) is 5.54. The number of rotatable bonds is 7. The monoisotopic (exact) mass is 383 g/mol. The summed E-state index contributed by atoms with van der Waals surface area (Å²) in [7, 11) is 0. The van der Waals surface area contributed by atoms with Gasteiger partial charge in [0.15, 0.2) is 0 Å². The topological polar surface area (TPSA) is 107 Å². The van der Waals surface area contributed by atoms with Crippen LogP contribution in [0.4, 0.5) is 4.39 Å². The number of carbonyl (C=O) groups is 1. The third-order valence-electron chi connectivity index (χ3n) is 3.57. The van der Waals surface area contributed by atoms with Crippen LogP contribution in [0.5, 0.6) is 5.75 Å². The fraction of sp³-hybridized carbons (Fsp3) is 0.158. The molecule has 1 heterocycles. The molecule has 9 heteroatoms. The van der Waals surface area contributed by atoms with Crippen LogP contribution < -0.4 is 10.5 Å². The van der Waals surface area contributed by atoms with Crippen molar-refractivity contribution in [3.8, 4) is 23.3 Å². The van der Waals surface area contributed by atoms with Gasteiger partial charge in [-0.3, -0.25) is 4.79 Å². The van der Waals surface area contributed by atoms with E-state index in [9.17, 15) is 14.0 Å². The number of esters is 1. The van der Waals surface area contributed by atoms with Crippen molar-refractivity contribution < 1.29 is 23.1 Å². The van der Waals surface area contributed by atoms with Gasteiger partial charge in [0.25, 0.3) is 0 Å². The van der Waals surface area contributed by atoms with Crippen molar-refractivity contribution >= 4 is 5.97 Å². The molecule has 1 aromatic heterocycles. The molecule has 0 unspecified atom stereocenters. The van der Waals surface area contributed by atoms with Gasteiger partial charge in [-0.15, -0.1) is 5.10 Å². The maximum Gasteiger partial charge on any atom is 0.437 e. The molecule has 28 heavy (non-hydrogen) atoms. The molecule has 0 N–H and O–H groups in total. The van der Waals surface area contributed by atoms with E-state index < -0.39 is 24.1 Å². The molecule has 0 saturated heterocycles. The van der Waals surface area contributed by atoms with Gasteiger partial charge in [-0.05, 0) is 48.5 Å². The first-order valence-electron chi connectivity index (χ1n) is 8.17. The van der Waals surface area contributed by atoms with E-state index in [1.54, 1.807) is 24.3 Å². The number of hydrogen-bond acceptors (Lipinski definition) is 7. The van der Waals surface area contributed by atoms with Gasteiger partial charge in [0.1, 0.15) is 31.3 Å². The highest BCUT2D eigenvalue weighted by Gasteiger charge is 2.14. The molecule has 0 radical (unpaired) electrons. The Kier molecular flexibility index (Phi) is 5.81. The van der Waals surface area contributed by atoms with Gasteiger partial charge in [0.2, 0.25) is 5.89 Å². The van der Waals surface area contributed by atoms with E-state index in [1.165, 1.54) is 24.3 Å². The molecule has 0 bridgehead atoms. The third-order valence-corrected chi connectivity index (χ3v) is 3.57. The number of nitriles is 1. The van der Waals surface area contributed by atoms with E-state index in [1.807, 2.05) is 6.07 Å². The fourth-order valence-electron chi connectivity index (χ4n) is 2.22. The average molecular weight is 383 g/mol. The van der Waals surface area contributed by atoms with E-state index in [2.05, 4.69) is 5.10 Å². The lowest BCUT2D eigenvalue weighted by atomic mass is 10.2. The molecule has 2 aromatic carbocycles. The number of ether oxygens (including phenoxy) is 2. The van der Waals surface area contributed by atoms with Gasteiger partial charge in [0, 0.05) is 5.56 Å². The summed E-state index contributed by atoms with van der Waals surface area (Å²) in [6.07, 6.45) is 0. The molecular weight excluding hydrogens is 369 g/mol. The van der Waals surface area contributed by atoms with Gasteiger partial charge < -0.3 is 13.9 Å². The zero-order valence-electron chi connectivity index (χ0n) is 14.5. The molecule has 0 atom stereocenters. The zero-order valence-corrected chi connectivity index (χ0v) is 14.5. The van der Waals surface area contributed by atoms with Gasteiger partial charge >= 0.3 is 11.7 Å². The van der Waals surface area contributed by atoms with Crippen LogP contribution in [-0.4, -0.2) is 29.0 Å². The number of halogens is 1. The Labute approximate surface area is 158 Å². The van der Waals surface area contributed by atoms with Crippen LogP contribution in [-0.2, 0) is 16.1 Å². The molecule has 0 amide bonds. The van der Waals surface area contributed by atoms with E-state index in [-0.39, 0.29) is 19.1 Å². The van der Waals surface area contributed by atoms with Crippen molar-refractivity contribution in [2.45, 2.75) is 6.54 Å². The minimum absolute atomic E-state index is 0.0260. The van der Waals surface area contributed by atoms with Crippen molar-refractivity contribution in [2.24, 2.45) is 0 Å². The molecule has 0 fully saturated rings. The maximum absolute atomic E-state index is 12.9. The van der Waals surface area contributed by atoms with Gasteiger partial charge in [0.05, 0.1) is 11.6 Å². The van der Waals surface area contributed by atoms with Gasteiger partial charge in [-0.1, -0.05) is 0 Å². The van der Waals surface area contributed by atoms with Crippen LogP contribution in [0.15, 0.2) is 57.7 Å². The molecule has 142 valence electrons. The van der Waals surface area contributed by atoms with Crippen molar-refractivity contribution in [2.75, 3.05) is 13.2 Å². The first-order valence-corrected chi connectivity index (χ1v) is 8.17. The Balaban J connectivity index is 1.49. The summed E-state index contributed by atoms with van der Waals surface area (Å²) in [6, 6.07) is 13.7. The summed E-state index contributed by atoms with van der Waals surface area (Å²) < 4.78 is 29.1. The lowest BCUT2D eigenvalue weighted by molar-refractivity contribution is -0.145. The predicted molar refractivity (Wildman–Crippen MR) is 93.8 cm³/mol. The van der Waals surface area contributed by atoms with Crippen molar-refractivity contribution in [1.82, 2.24) is 9.78 Å². The number of aromatic nitrogens is 2.